The molecule has 2 aromatic carbocycles. The molecule has 0 bridgehead atoms. The first kappa shape index (κ1) is 11.6. The number of nitrogens with zero attached hydrogens (tertiary/aromatic N) is 1. The second-order valence-electron chi connectivity index (χ2n) is 4.32. The van der Waals surface area contributed by atoms with E-state index in [1.54, 1.807) is 0 Å². The molecule has 0 unspecified atom stereocenters. The van der Waals surface area contributed by atoms with E-state index in [2.05, 4.69) is 71.2 Å². The number of benzene rings is 2. The first-order valence-electron chi connectivity index (χ1n) is 5.43. The average Bonchev–Trinajstić information content (AvgIpc) is 2.29. The summed E-state index contributed by atoms with van der Waals surface area (Å²) in [6.45, 7) is 3.11. The topological polar surface area (TPSA) is 3.24 Å². The van der Waals surface area contributed by atoms with Gasteiger partial charge >= 0.3 is 0 Å². The van der Waals surface area contributed by atoms with Gasteiger partial charge in [0, 0.05) is 6.54 Å². The van der Waals surface area contributed by atoms with Crippen molar-refractivity contribution in [3.63, 3.8) is 0 Å². The lowest BCUT2D eigenvalue weighted by Crippen LogP contribution is -2.14. The molecule has 0 atom stereocenters. The molecule has 2 heteroatoms. The number of rotatable bonds is 3. The van der Waals surface area contributed by atoms with Crippen molar-refractivity contribution in [2.75, 3.05) is 12.5 Å². The van der Waals surface area contributed by atoms with E-state index in [0.717, 1.165) is 12.0 Å². The highest BCUT2D eigenvalue weighted by Crippen LogP contribution is 2.18. The van der Waals surface area contributed by atoms with Gasteiger partial charge < -0.3 is 0 Å². The molecule has 2 rings (SSSR count). The zero-order valence-electron chi connectivity index (χ0n) is 9.70. The number of hydrogen-bond acceptors (Lipinski definition) is 1. The number of halogens is 1. The quantitative estimate of drug-likeness (QED) is 0.607. The Kier molecular flexibility index (Phi) is 3.62. The van der Waals surface area contributed by atoms with Crippen LogP contribution < -0.4 is 0 Å². The van der Waals surface area contributed by atoms with Gasteiger partial charge in [0.05, 0.1) is 5.45 Å². The van der Waals surface area contributed by atoms with Crippen LogP contribution in [0.15, 0.2) is 36.4 Å². The molecule has 0 aliphatic rings. The van der Waals surface area contributed by atoms with Gasteiger partial charge in [0.15, 0.2) is 0 Å². The van der Waals surface area contributed by atoms with E-state index in [0.29, 0.717) is 0 Å². The van der Waals surface area contributed by atoms with E-state index in [1.807, 2.05) is 0 Å². The minimum atomic E-state index is 0.902. The molecule has 84 valence electrons. The molecule has 0 saturated heterocycles. The maximum Gasteiger partial charge on any atom is 0.0542 e. The summed E-state index contributed by atoms with van der Waals surface area (Å²) in [6.07, 6.45) is 0. The van der Waals surface area contributed by atoms with Gasteiger partial charge in [0.1, 0.15) is 0 Å². The fourth-order valence-corrected chi connectivity index (χ4v) is 2.04. The Hall–Kier alpha value is -0.860. The Balaban J connectivity index is 2.33. The van der Waals surface area contributed by atoms with Gasteiger partial charge in [-0.1, -0.05) is 51.8 Å². The van der Waals surface area contributed by atoms with Crippen molar-refractivity contribution in [3.8, 4) is 0 Å². The maximum atomic E-state index is 3.46. The summed E-state index contributed by atoms with van der Waals surface area (Å²) in [5, 5.41) is 2.65. The Bertz CT molecular complexity index is 493. The fourth-order valence-electron chi connectivity index (χ4n) is 1.87. The van der Waals surface area contributed by atoms with E-state index in [4.69, 9.17) is 0 Å². The molecule has 0 aliphatic heterocycles. The SMILES string of the molecule is Cc1ccc2cc(CN(C)CBr)ccc2c1. The van der Waals surface area contributed by atoms with Crippen molar-refractivity contribution in [2.45, 2.75) is 13.5 Å². The first-order chi connectivity index (χ1) is 7.69. The second kappa shape index (κ2) is 4.98. The van der Waals surface area contributed by atoms with Crippen molar-refractivity contribution in [3.05, 3.63) is 47.5 Å². The Morgan fingerprint density at radius 3 is 2.50 bits per heavy atom. The molecule has 0 radical (unpaired) electrons. The van der Waals surface area contributed by atoms with E-state index in [9.17, 15) is 0 Å². The van der Waals surface area contributed by atoms with Crippen LogP contribution in [-0.4, -0.2) is 17.4 Å². The van der Waals surface area contributed by atoms with Gasteiger partial charge in [0.25, 0.3) is 0 Å². The molecule has 0 saturated carbocycles. The van der Waals surface area contributed by atoms with Crippen molar-refractivity contribution in [1.82, 2.24) is 4.90 Å². The summed E-state index contributed by atoms with van der Waals surface area (Å²) in [5.41, 5.74) is 3.58. The van der Waals surface area contributed by atoms with Crippen LogP contribution in [0.3, 0.4) is 0 Å². The predicted octanol–water partition coefficient (Wildman–Crippen LogP) is 3.93. The molecular formula is C14H16BrN. The van der Waals surface area contributed by atoms with Crippen molar-refractivity contribution >= 4 is 26.7 Å². The highest BCUT2D eigenvalue weighted by Gasteiger charge is 2.00. The number of fused-ring (bicyclic) bond motifs is 1. The lowest BCUT2D eigenvalue weighted by molar-refractivity contribution is 0.390. The zero-order chi connectivity index (χ0) is 11.5. The standard InChI is InChI=1S/C14H16BrN/c1-11-3-5-14-8-12(9-16(2)10-15)4-6-13(14)7-11/h3-8H,9-10H2,1-2H3. The van der Waals surface area contributed by atoms with Gasteiger partial charge in [-0.25, -0.2) is 0 Å². The number of aryl methyl sites for hydroxylation is 1. The summed E-state index contributed by atoms with van der Waals surface area (Å²) in [4.78, 5) is 2.23. The van der Waals surface area contributed by atoms with Gasteiger partial charge in [-0.3, -0.25) is 4.90 Å². The molecule has 0 spiro atoms. The zero-order valence-corrected chi connectivity index (χ0v) is 11.3. The van der Waals surface area contributed by atoms with Crippen LogP contribution in [-0.2, 0) is 6.54 Å². The van der Waals surface area contributed by atoms with Gasteiger partial charge in [-0.2, -0.15) is 0 Å². The molecule has 0 fully saturated rings. The molecule has 16 heavy (non-hydrogen) atoms. The van der Waals surface area contributed by atoms with Crippen LogP contribution in [0.25, 0.3) is 10.8 Å². The van der Waals surface area contributed by atoms with Crippen molar-refractivity contribution in [1.29, 1.82) is 0 Å². The smallest absolute Gasteiger partial charge is 0.0542 e. The highest BCUT2D eigenvalue weighted by atomic mass is 79.9. The lowest BCUT2D eigenvalue weighted by Gasteiger charge is -2.13. The van der Waals surface area contributed by atoms with Crippen molar-refractivity contribution < 1.29 is 0 Å². The molecular weight excluding hydrogens is 262 g/mol. The van der Waals surface area contributed by atoms with E-state index >= 15 is 0 Å². The van der Waals surface area contributed by atoms with Crippen LogP contribution >= 0.6 is 15.9 Å². The van der Waals surface area contributed by atoms with Gasteiger partial charge in [-0.15, -0.1) is 0 Å². The van der Waals surface area contributed by atoms with E-state index in [-0.39, 0.29) is 0 Å². The first-order valence-corrected chi connectivity index (χ1v) is 6.55. The molecule has 1 nitrogen and oxygen atoms in total. The number of hydrogen-bond donors (Lipinski definition) is 0. The molecule has 0 heterocycles. The molecule has 0 amide bonds. The van der Waals surface area contributed by atoms with E-state index < -0.39 is 0 Å². The monoisotopic (exact) mass is 277 g/mol. The molecule has 2 aromatic rings. The Labute approximate surface area is 105 Å². The Morgan fingerprint density at radius 1 is 1.06 bits per heavy atom. The fraction of sp³-hybridized carbons (Fsp3) is 0.286. The molecule has 0 N–H and O–H groups in total. The second-order valence-corrected chi connectivity index (χ2v) is 4.82. The molecule has 0 aliphatic carbocycles. The summed E-state index contributed by atoms with van der Waals surface area (Å²) in [7, 11) is 2.11. The predicted molar refractivity (Wildman–Crippen MR) is 73.9 cm³/mol. The highest BCUT2D eigenvalue weighted by molar-refractivity contribution is 9.09. The largest absolute Gasteiger partial charge is 0.292 e. The average molecular weight is 278 g/mol. The third-order valence-electron chi connectivity index (χ3n) is 2.72. The summed E-state index contributed by atoms with van der Waals surface area (Å²) >= 11 is 3.46. The van der Waals surface area contributed by atoms with Gasteiger partial charge in [0.2, 0.25) is 0 Å². The van der Waals surface area contributed by atoms with Crippen LogP contribution in [0.4, 0.5) is 0 Å². The van der Waals surface area contributed by atoms with Crippen LogP contribution in [0, 0.1) is 6.92 Å². The minimum Gasteiger partial charge on any atom is -0.292 e. The van der Waals surface area contributed by atoms with Crippen molar-refractivity contribution in [2.24, 2.45) is 0 Å². The van der Waals surface area contributed by atoms with Crippen LogP contribution in [0.5, 0.6) is 0 Å². The van der Waals surface area contributed by atoms with E-state index in [1.165, 1.54) is 21.9 Å². The Morgan fingerprint density at radius 2 is 1.75 bits per heavy atom. The number of alkyl halides is 1. The third-order valence-corrected chi connectivity index (χ3v) is 3.57. The third kappa shape index (κ3) is 2.63. The summed E-state index contributed by atoms with van der Waals surface area (Å²) in [6, 6.07) is 13.3. The summed E-state index contributed by atoms with van der Waals surface area (Å²) in [5.74, 6) is 0. The maximum absolute atomic E-state index is 3.46. The minimum absolute atomic E-state index is 0.902. The van der Waals surface area contributed by atoms with Gasteiger partial charge in [-0.05, 0) is 36.4 Å². The molecule has 0 aromatic heterocycles. The lowest BCUT2D eigenvalue weighted by atomic mass is 10.0. The van der Waals surface area contributed by atoms with Crippen LogP contribution in [0.2, 0.25) is 0 Å². The van der Waals surface area contributed by atoms with Crippen LogP contribution in [0.1, 0.15) is 11.1 Å². The normalized spacial score (nSPS) is 11.2. The summed E-state index contributed by atoms with van der Waals surface area (Å²) < 4.78 is 0.